The van der Waals surface area contributed by atoms with Crippen molar-refractivity contribution in [3.05, 3.63) is 108 Å². The zero-order valence-corrected chi connectivity index (χ0v) is 19.0. The highest BCUT2D eigenvalue weighted by Crippen LogP contribution is 2.31. The van der Waals surface area contributed by atoms with Gasteiger partial charge in [0.2, 0.25) is 0 Å². The van der Waals surface area contributed by atoms with Crippen LogP contribution in [0.15, 0.2) is 91.0 Å². The third kappa shape index (κ3) is 6.73. The Hall–Kier alpha value is -2.54. The lowest BCUT2D eigenvalue weighted by Crippen LogP contribution is -2.56. The Kier molecular flexibility index (Phi) is 8.64. The molecule has 5 nitrogen and oxygen atoms in total. The Morgan fingerprint density at radius 2 is 1.12 bits per heavy atom. The van der Waals surface area contributed by atoms with Gasteiger partial charge in [0.1, 0.15) is 12.2 Å². The van der Waals surface area contributed by atoms with Crippen LogP contribution in [0.3, 0.4) is 0 Å². The maximum atomic E-state index is 10.6. The van der Waals surface area contributed by atoms with E-state index in [1.807, 2.05) is 97.9 Å². The Morgan fingerprint density at radius 1 is 0.667 bits per heavy atom. The summed E-state index contributed by atoms with van der Waals surface area (Å²) in [6, 6.07) is 30.0. The molecule has 5 heteroatoms. The third-order valence-electron chi connectivity index (χ3n) is 5.94. The fourth-order valence-electron chi connectivity index (χ4n) is 4.04. The summed E-state index contributed by atoms with van der Waals surface area (Å²) >= 11 is 0. The molecular weight excluding hydrogens is 416 g/mol. The Balaban J connectivity index is 1.46. The summed E-state index contributed by atoms with van der Waals surface area (Å²) in [7, 11) is 0. The zero-order chi connectivity index (χ0) is 22.9. The van der Waals surface area contributed by atoms with E-state index in [1.165, 1.54) is 0 Å². The minimum Gasteiger partial charge on any atom is -0.374 e. The second kappa shape index (κ2) is 12.1. The largest absolute Gasteiger partial charge is 0.374 e. The predicted molar refractivity (Wildman–Crippen MR) is 126 cm³/mol. The van der Waals surface area contributed by atoms with Crippen LogP contribution in [-0.2, 0) is 38.8 Å². The molecule has 0 radical (unpaired) electrons. The van der Waals surface area contributed by atoms with Crippen LogP contribution in [-0.4, -0.2) is 36.3 Å². The van der Waals surface area contributed by atoms with E-state index in [-0.39, 0.29) is 18.1 Å². The lowest BCUT2D eigenvalue weighted by molar-refractivity contribution is -0.289. The molecule has 1 aliphatic heterocycles. The third-order valence-corrected chi connectivity index (χ3v) is 5.94. The lowest BCUT2D eigenvalue weighted by atomic mass is 9.92. The van der Waals surface area contributed by atoms with Gasteiger partial charge in [-0.1, -0.05) is 97.9 Å². The highest BCUT2D eigenvalue weighted by Gasteiger charge is 2.45. The average molecular weight is 449 g/mol. The quantitative estimate of drug-likeness (QED) is 0.486. The maximum absolute atomic E-state index is 10.6. The van der Waals surface area contributed by atoms with Crippen molar-refractivity contribution in [2.45, 2.75) is 51.3 Å². The zero-order valence-electron chi connectivity index (χ0n) is 19.0. The highest BCUT2D eigenvalue weighted by molar-refractivity contribution is 5.15. The lowest BCUT2D eigenvalue weighted by Gasteiger charge is -2.43. The van der Waals surface area contributed by atoms with Gasteiger partial charge in [-0.2, -0.15) is 0 Å². The van der Waals surface area contributed by atoms with Gasteiger partial charge in [-0.05, 0) is 16.7 Å². The van der Waals surface area contributed by atoms with Crippen molar-refractivity contribution < 1.29 is 24.1 Å². The van der Waals surface area contributed by atoms with Crippen LogP contribution in [0.5, 0.6) is 0 Å². The SMILES string of the molecule is C[C@@H]1[C@@H](OCc2ccccc2)[C@H](OCc2ccccc2)[C@@H](COCc2ccccc2)O[C@@H]1O. The van der Waals surface area contributed by atoms with Gasteiger partial charge in [0.25, 0.3) is 0 Å². The molecule has 1 N–H and O–H groups in total. The standard InChI is InChI=1S/C28H32O5/c1-21-26(31-18-23-13-7-3-8-14-23)27(32-19-24-15-9-4-10-16-24)25(33-28(21)29)20-30-17-22-11-5-2-6-12-22/h2-16,21,25-29H,17-20H2,1H3/t21-,25-,26-,27-,28+/m1/s1. The van der Waals surface area contributed by atoms with Crippen molar-refractivity contribution in [3.63, 3.8) is 0 Å². The molecule has 0 aromatic heterocycles. The minimum absolute atomic E-state index is 0.250. The van der Waals surface area contributed by atoms with E-state index in [0.717, 1.165) is 16.7 Å². The van der Waals surface area contributed by atoms with Gasteiger partial charge < -0.3 is 24.1 Å². The van der Waals surface area contributed by atoms with E-state index in [0.29, 0.717) is 26.4 Å². The van der Waals surface area contributed by atoms with Crippen LogP contribution in [0.25, 0.3) is 0 Å². The van der Waals surface area contributed by atoms with E-state index in [9.17, 15) is 5.11 Å². The number of rotatable bonds is 10. The molecular formula is C28H32O5. The molecule has 1 saturated heterocycles. The van der Waals surface area contributed by atoms with Crippen LogP contribution < -0.4 is 0 Å². The average Bonchev–Trinajstić information content (AvgIpc) is 2.86. The highest BCUT2D eigenvalue weighted by atomic mass is 16.6. The van der Waals surface area contributed by atoms with Crippen molar-refractivity contribution in [3.8, 4) is 0 Å². The van der Waals surface area contributed by atoms with Crippen molar-refractivity contribution in [2.75, 3.05) is 6.61 Å². The van der Waals surface area contributed by atoms with E-state index < -0.39 is 12.4 Å². The summed E-state index contributed by atoms with van der Waals surface area (Å²) in [6.45, 7) is 3.56. The molecule has 0 saturated carbocycles. The number of ether oxygens (including phenoxy) is 4. The second-order valence-electron chi connectivity index (χ2n) is 8.45. The summed E-state index contributed by atoms with van der Waals surface area (Å²) < 4.78 is 24.6. The van der Waals surface area contributed by atoms with Gasteiger partial charge >= 0.3 is 0 Å². The first kappa shape index (κ1) is 23.6. The van der Waals surface area contributed by atoms with Gasteiger partial charge in [0, 0.05) is 5.92 Å². The van der Waals surface area contributed by atoms with E-state index in [1.54, 1.807) is 0 Å². The molecule has 0 bridgehead atoms. The van der Waals surface area contributed by atoms with Crippen molar-refractivity contribution >= 4 is 0 Å². The molecule has 0 amide bonds. The molecule has 1 heterocycles. The van der Waals surface area contributed by atoms with Crippen LogP contribution in [0, 0.1) is 5.92 Å². The van der Waals surface area contributed by atoms with E-state index in [2.05, 4.69) is 0 Å². The monoisotopic (exact) mass is 448 g/mol. The molecule has 3 aromatic carbocycles. The molecule has 4 rings (SSSR count). The van der Waals surface area contributed by atoms with Crippen LogP contribution in [0.1, 0.15) is 23.6 Å². The normalized spacial score (nSPS) is 25.1. The molecule has 1 fully saturated rings. The van der Waals surface area contributed by atoms with E-state index in [4.69, 9.17) is 18.9 Å². The number of aliphatic hydroxyl groups excluding tert-OH is 1. The molecule has 33 heavy (non-hydrogen) atoms. The van der Waals surface area contributed by atoms with E-state index >= 15 is 0 Å². The Bertz CT molecular complexity index is 934. The van der Waals surface area contributed by atoms with Crippen molar-refractivity contribution in [1.82, 2.24) is 0 Å². The van der Waals surface area contributed by atoms with Crippen LogP contribution in [0.4, 0.5) is 0 Å². The van der Waals surface area contributed by atoms with Crippen LogP contribution >= 0.6 is 0 Å². The summed E-state index contributed by atoms with van der Waals surface area (Å²) in [5.74, 6) is -0.250. The maximum Gasteiger partial charge on any atom is 0.160 e. The van der Waals surface area contributed by atoms with Crippen molar-refractivity contribution in [1.29, 1.82) is 0 Å². The molecule has 0 aliphatic carbocycles. The molecule has 0 spiro atoms. The number of aliphatic hydroxyl groups is 1. The first-order valence-electron chi connectivity index (χ1n) is 11.5. The summed E-state index contributed by atoms with van der Waals surface area (Å²) in [5, 5.41) is 10.6. The van der Waals surface area contributed by atoms with Gasteiger partial charge in [-0.15, -0.1) is 0 Å². The number of hydrogen-bond donors (Lipinski definition) is 1. The van der Waals surface area contributed by atoms with Gasteiger partial charge in [0.05, 0.1) is 32.5 Å². The second-order valence-corrected chi connectivity index (χ2v) is 8.45. The van der Waals surface area contributed by atoms with Gasteiger partial charge in [0.15, 0.2) is 6.29 Å². The Labute approximate surface area is 195 Å². The first-order chi connectivity index (χ1) is 16.2. The topological polar surface area (TPSA) is 57.2 Å². The molecule has 1 aliphatic rings. The fraction of sp³-hybridized carbons (Fsp3) is 0.357. The minimum atomic E-state index is -0.951. The van der Waals surface area contributed by atoms with Gasteiger partial charge in [-0.25, -0.2) is 0 Å². The van der Waals surface area contributed by atoms with Gasteiger partial charge in [-0.3, -0.25) is 0 Å². The first-order valence-corrected chi connectivity index (χ1v) is 11.5. The summed E-state index contributed by atoms with van der Waals surface area (Å²) in [6.07, 6.45) is -2.14. The number of hydrogen-bond acceptors (Lipinski definition) is 5. The summed E-state index contributed by atoms with van der Waals surface area (Å²) in [5.41, 5.74) is 3.23. The van der Waals surface area contributed by atoms with Crippen molar-refractivity contribution in [2.24, 2.45) is 5.92 Å². The molecule has 0 unspecified atom stereocenters. The van der Waals surface area contributed by atoms with Crippen LogP contribution in [0.2, 0.25) is 0 Å². The smallest absolute Gasteiger partial charge is 0.160 e. The Morgan fingerprint density at radius 3 is 1.64 bits per heavy atom. The predicted octanol–water partition coefficient (Wildman–Crippen LogP) is 4.73. The summed E-state index contributed by atoms with van der Waals surface area (Å²) in [4.78, 5) is 0. The molecule has 5 atom stereocenters. The molecule has 174 valence electrons. The fourth-order valence-corrected chi connectivity index (χ4v) is 4.04. The number of benzene rings is 3. The molecule has 3 aromatic rings.